The van der Waals surface area contributed by atoms with Gasteiger partial charge in [0.25, 0.3) is 11.8 Å². The molecule has 0 radical (unpaired) electrons. The number of fused-ring (bicyclic) bond motifs is 1. The molecule has 2 amide bonds. The molecule has 110 valence electrons. The van der Waals surface area contributed by atoms with Gasteiger partial charge in [-0.2, -0.15) is 0 Å². The Morgan fingerprint density at radius 3 is 2.24 bits per heavy atom. The number of nitrogens with zero attached hydrogens (tertiary/aromatic N) is 1. The van der Waals surface area contributed by atoms with E-state index >= 15 is 0 Å². The topological polar surface area (TPSA) is 65.1 Å². The second kappa shape index (κ2) is 4.62. The summed E-state index contributed by atoms with van der Waals surface area (Å²) >= 11 is 0. The van der Waals surface area contributed by atoms with Gasteiger partial charge in [0.15, 0.2) is 5.79 Å². The molecule has 0 saturated carbocycles. The Balaban J connectivity index is 1.73. The van der Waals surface area contributed by atoms with Crippen LogP contribution in [0.2, 0.25) is 0 Å². The van der Waals surface area contributed by atoms with Crippen LogP contribution in [0.5, 0.6) is 0 Å². The van der Waals surface area contributed by atoms with Gasteiger partial charge in [0.05, 0.1) is 37.6 Å². The van der Waals surface area contributed by atoms with Crippen LogP contribution < -0.4 is 0 Å². The Morgan fingerprint density at radius 2 is 1.62 bits per heavy atom. The molecule has 21 heavy (non-hydrogen) atoms. The van der Waals surface area contributed by atoms with Crippen molar-refractivity contribution < 1.29 is 23.8 Å². The summed E-state index contributed by atoms with van der Waals surface area (Å²) in [6, 6.07) is 6.30. The number of rotatable bonds is 1. The first-order chi connectivity index (χ1) is 10.2. The second-order valence-corrected chi connectivity index (χ2v) is 5.38. The van der Waals surface area contributed by atoms with E-state index in [0.29, 0.717) is 37.4 Å². The standard InChI is InChI=1S/C15H15NO5/c17-13-10-3-1-2-4-11(10)14(18)16(13)12-9-19-6-5-15(12)20-7-8-21-15/h1-4,12H,5-9H2. The quantitative estimate of drug-likeness (QED) is 0.716. The average molecular weight is 289 g/mol. The van der Waals surface area contributed by atoms with Crippen molar-refractivity contribution >= 4 is 11.8 Å². The first-order valence-electron chi connectivity index (χ1n) is 7.05. The van der Waals surface area contributed by atoms with E-state index in [1.54, 1.807) is 24.3 Å². The van der Waals surface area contributed by atoms with Crippen molar-refractivity contribution in [3.8, 4) is 0 Å². The van der Waals surface area contributed by atoms with E-state index in [2.05, 4.69) is 0 Å². The zero-order valence-electron chi connectivity index (χ0n) is 11.4. The number of imide groups is 1. The van der Waals surface area contributed by atoms with Crippen LogP contribution in [0.25, 0.3) is 0 Å². The highest BCUT2D eigenvalue weighted by Crippen LogP contribution is 2.37. The van der Waals surface area contributed by atoms with Gasteiger partial charge in [-0.25, -0.2) is 0 Å². The molecular weight excluding hydrogens is 274 g/mol. The molecule has 3 aliphatic heterocycles. The predicted octanol–water partition coefficient (Wildman–Crippen LogP) is 0.815. The molecule has 1 atom stereocenters. The Morgan fingerprint density at radius 1 is 1.00 bits per heavy atom. The average Bonchev–Trinajstić information content (AvgIpc) is 3.07. The molecular formula is C15H15NO5. The summed E-state index contributed by atoms with van der Waals surface area (Å²) in [4.78, 5) is 26.4. The zero-order chi connectivity index (χ0) is 14.4. The fraction of sp³-hybridized carbons (Fsp3) is 0.467. The summed E-state index contributed by atoms with van der Waals surface area (Å²) in [5, 5.41) is 0. The van der Waals surface area contributed by atoms with E-state index < -0.39 is 11.8 Å². The highest BCUT2D eigenvalue weighted by Gasteiger charge is 2.54. The molecule has 4 rings (SSSR count). The molecule has 2 saturated heterocycles. The van der Waals surface area contributed by atoms with E-state index in [1.807, 2.05) is 0 Å². The van der Waals surface area contributed by atoms with Crippen LogP contribution in [-0.4, -0.2) is 55.0 Å². The van der Waals surface area contributed by atoms with Crippen molar-refractivity contribution in [3.05, 3.63) is 35.4 Å². The molecule has 0 N–H and O–H groups in total. The van der Waals surface area contributed by atoms with Crippen LogP contribution in [0.1, 0.15) is 27.1 Å². The first-order valence-corrected chi connectivity index (χ1v) is 7.05. The zero-order valence-corrected chi connectivity index (χ0v) is 11.4. The van der Waals surface area contributed by atoms with Crippen molar-refractivity contribution in [1.82, 2.24) is 4.90 Å². The summed E-state index contributed by atoms with van der Waals surface area (Å²) in [5.74, 6) is -1.51. The molecule has 6 heteroatoms. The maximum absolute atomic E-state index is 12.6. The third-order valence-electron chi connectivity index (χ3n) is 4.29. The van der Waals surface area contributed by atoms with Crippen LogP contribution in [0, 0.1) is 0 Å². The fourth-order valence-electron chi connectivity index (χ4n) is 3.27. The molecule has 0 aromatic heterocycles. The number of carbonyl (C=O) groups is 2. The lowest BCUT2D eigenvalue weighted by molar-refractivity contribution is -0.233. The first kappa shape index (κ1) is 12.9. The summed E-state index contributed by atoms with van der Waals surface area (Å²) in [5.41, 5.74) is 0.863. The van der Waals surface area contributed by atoms with Gasteiger partial charge in [0.2, 0.25) is 0 Å². The van der Waals surface area contributed by atoms with E-state index in [0.717, 1.165) is 0 Å². The highest BCUT2D eigenvalue weighted by molar-refractivity contribution is 6.21. The normalized spacial score (nSPS) is 27.4. The van der Waals surface area contributed by atoms with E-state index in [1.165, 1.54) is 4.90 Å². The smallest absolute Gasteiger partial charge is 0.262 e. The summed E-state index contributed by atoms with van der Waals surface area (Å²) in [6.45, 7) is 1.68. The fourth-order valence-corrected chi connectivity index (χ4v) is 3.27. The van der Waals surface area contributed by atoms with Crippen molar-refractivity contribution in [3.63, 3.8) is 0 Å². The molecule has 3 aliphatic rings. The SMILES string of the molecule is O=C1c2ccccc2C(=O)N1C1COCCC12OCCO2. The van der Waals surface area contributed by atoms with Crippen molar-refractivity contribution in [2.24, 2.45) is 0 Å². The summed E-state index contributed by atoms with van der Waals surface area (Å²) in [7, 11) is 0. The molecule has 2 fully saturated rings. The monoisotopic (exact) mass is 289 g/mol. The third kappa shape index (κ3) is 1.76. The van der Waals surface area contributed by atoms with Crippen LogP contribution in [0.4, 0.5) is 0 Å². The number of hydrogen-bond donors (Lipinski definition) is 0. The molecule has 1 aromatic rings. The van der Waals surface area contributed by atoms with E-state index in [4.69, 9.17) is 14.2 Å². The highest BCUT2D eigenvalue weighted by atomic mass is 16.7. The van der Waals surface area contributed by atoms with Crippen molar-refractivity contribution in [2.75, 3.05) is 26.4 Å². The Bertz CT molecular complexity index is 573. The van der Waals surface area contributed by atoms with Gasteiger partial charge in [-0.15, -0.1) is 0 Å². The molecule has 6 nitrogen and oxygen atoms in total. The Hall–Kier alpha value is -1.76. The minimum atomic E-state index is -0.911. The van der Waals surface area contributed by atoms with Gasteiger partial charge < -0.3 is 14.2 Å². The predicted molar refractivity (Wildman–Crippen MR) is 70.8 cm³/mol. The van der Waals surface area contributed by atoms with E-state index in [-0.39, 0.29) is 18.4 Å². The number of hydrogen-bond acceptors (Lipinski definition) is 5. The molecule has 1 unspecified atom stereocenters. The van der Waals surface area contributed by atoms with Gasteiger partial charge in [-0.1, -0.05) is 12.1 Å². The maximum Gasteiger partial charge on any atom is 0.262 e. The molecule has 1 aromatic carbocycles. The lowest BCUT2D eigenvalue weighted by Crippen LogP contribution is -2.60. The van der Waals surface area contributed by atoms with Crippen LogP contribution in [-0.2, 0) is 14.2 Å². The van der Waals surface area contributed by atoms with Gasteiger partial charge in [0.1, 0.15) is 6.04 Å². The molecule has 3 heterocycles. The van der Waals surface area contributed by atoms with Crippen molar-refractivity contribution in [1.29, 1.82) is 0 Å². The van der Waals surface area contributed by atoms with Crippen LogP contribution in [0.15, 0.2) is 24.3 Å². The Kier molecular flexibility index (Phi) is 2.85. The molecule has 0 bridgehead atoms. The van der Waals surface area contributed by atoms with Gasteiger partial charge >= 0.3 is 0 Å². The van der Waals surface area contributed by atoms with E-state index in [9.17, 15) is 9.59 Å². The Labute approximate surface area is 121 Å². The van der Waals surface area contributed by atoms with Gasteiger partial charge in [-0.05, 0) is 12.1 Å². The van der Waals surface area contributed by atoms with Crippen LogP contribution in [0.3, 0.4) is 0 Å². The largest absolute Gasteiger partial charge is 0.379 e. The van der Waals surface area contributed by atoms with Crippen molar-refractivity contribution in [2.45, 2.75) is 18.2 Å². The minimum Gasteiger partial charge on any atom is -0.379 e. The number of benzene rings is 1. The summed E-state index contributed by atoms with van der Waals surface area (Å²) < 4.78 is 17.0. The summed E-state index contributed by atoms with van der Waals surface area (Å²) in [6.07, 6.45) is 0.519. The number of ether oxygens (including phenoxy) is 3. The maximum atomic E-state index is 12.6. The minimum absolute atomic E-state index is 0.242. The number of carbonyl (C=O) groups excluding carboxylic acids is 2. The number of amides is 2. The lowest BCUT2D eigenvalue weighted by atomic mass is 10.00. The third-order valence-corrected chi connectivity index (χ3v) is 4.29. The van der Waals surface area contributed by atoms with Crippen LogP contribution >= 0.6 is 0 Å². The molecule has 0 aliphatic carbocycles. The van der Waals surface area contributed by atoms with Gasteiger partial charge in [-0.3, -0.25) is 14.5 Å². The lowest BCUT2D eigenvalue weighted by Gasteiger charge is -2.42. The second-order valence-electron chi connectivity index (χ2n) is 5.38. The van der Waals surface area contributed by atoms with Gasteiger partial charge in [0, 0.05) is 6.42 Å². The molecule has 1 spiro atoms.